The zero-order chi connectivity index (χ0) is 11.8. The number of nitrogens with two attached hydrogens (primary N) is 1. The summed E-state index contributed by atoms with van der Waals surface area (Å²) in [7, 11) is 0. The third-order valence-electron chi connectivity index (χ3n) is 2.55. The van der Waals surface area contributed by atoms with E-state index in [1.807, 2.05) is 12.1 Å². The minimum atomic E-state index is -1.27. The Labute approximate surface area is 92.7 Å². The molecule has 1 aromatic rings. The van der Waals surface area contributed by atoms with Crippen LogP contribution in [0.4, 0.5) is 0 Å². The summed E-state index contributed by atoms with van der Waals surface area (Å²) < 4.78 is 0. The second-order valence-corrected chi connectivity index (χ2v) is 4.19. The number of fused-ring (bicyclic) bond motifs is 1. The van der Waals surface area contributed by atoms with Gasteiger partial charge >= 0.3 is 5.97 Å². The fraction of sp³-hybridized carbons (Fsp3) is 0.364. The van der Waals surface area contributed by atoms with Gasteiger partial charge in [0, 0.05) is 12.0 Å². The van der Waals surface area contributed by atoms with E-state index in [1.54, 1.807) is 6.07 Å². The van der Waals surface area contributed by atoms with Gasteiger partial charge in [-0.25, -0.2) is 0 Å². The van der Waals surface area contributed by atoms with Crippen LogP contribution in [0.25, 0.3) is 0 Å². The van der Waals surface area contributed by atoms with Crippen molar-refractivity contribution in [2.24, 2.45) is 5.73 Å². The molecule has 0 radical (unpaired) electrons. The highest BCUT2D eigenvalue weighted by molar-refractivity contribution is 5.78. The van der Waals surface area contributed by atoms with Gasteiger partial charge in [0.25, 0.3) is 0 Å². The van der Waals surface area contributed by atoms with E-state index in [4.69, 9.17) is 20.6 Å². The Morgan fingerprint density at radius 2 is 2.38 bits per heavy atom. The highest BCUT2D eigenvalue weighted by atomic mass is 17.2. The average molecular weight is 223 g/mol. The van der Waals surface area contributed by atoms with Crippen molar-refractivity contribution in [3.8, 4) is 5.75 Å². The summed E-state index contributed by atoms with van der Waals surface area (Å²) in [5, 5.41) is 8.92. The van der Waals surface area contributed by atoms with E-state index in [-0.39, 0.29) is 6.42 Å². The predicted molar refractivity (Wildman–Crippen MR) is 55.8 cm³/mol. The van der Waals surface area contributed by atoms with Crippen LogP contribution < -0.4 is 10.6 Å². The van der Waals surface area contributed by atoms with Crippen molar-refractivity contribution >= 4 is 5.97 Å². The van der Waals surface area contributed by atoms with E-state index in [0.29, 0.717) is 12.4 Å². The number of carbonyl (C=O) groups is 1. The van der Waals surface area contributed by atoms with E-state index in [1.165, 1.54) is 6.92 Å². The third-order valence-corrected chi connectivity index (χ3v) is 2.55. The number of benzene rings is 1. The normalized spacial score (nSPS) is 17.4. The largest absolute Gasteiger partial charge is 0.480 e. The number of rotatable bonds is 3. The summed E-state index contributed by atoms with van der Waals surface area (Å²) in [6.07, 6.45) is 0.249. The molecular weight excluding hydrogens is 210 g/mol. The first-order valence-corrected chi connectivity index (χ1v) is 4.92. The lowest BCUT2D eigenvalue weighted by atomic mass is 9.93. The van der Waals surface area contributed by atoms with E-state index in [9.17, 15) is 4.79 Å². The number of carboxylic acids is 1. The van der Waals surface area contributed by atoms with Crippen LogP contribution in [0.2, 0.25) is 0 Å². The minimum absolute atomic E-state index is 0.249. The molecule has 0 fully saturated rings. The summed E-state index contributed by atoms with van der Waals surface area (Å²) in [5.74, 6) is -0.385. The molecule has 0 aliphatic carbocycles. The van der Waals surface area contributed by atoms with Crippen LogP contribution in [-0.4, -0.2) is 16.6 Å². The predicted octanol–water partition coefficient (Wildman–Crippen LogP) is 0.855. The maximum atomic E-state index is 10.9. The molecule has 2 rings (SSSR count). The Morgan fingerprint density at radius 1 is 1.62 bits per heavy atom. The van der Waals surface area contributed by atoms with Crippen molar-refractivity contribution in [1.82, 2.24) is 0 Å². The molecule has 0 saturated heterocycles. The van der Waals surface area contributed by atoms with Crippen molar-refractivity contribution in [2.75, 3.05) is 0 Å². The highest BCUT2D eigenvalue weighted by Crippen LogP contribution is 2.28. The molecule has 86 valence electrons. The lowest BCUT2D eigenvalue weighted by Crippen LogP contribution is -2.46. The first-order chi connectivity index (χ1) is 7.49. The summed E-state index contributed by atoms with van der Waals surface area (Å²) in [5.41, 5.74) is 6.17. The summed E-state index contributed by atoms with van der Waals surface area (Å²) >= 11 is 0. The van der Waals surface area contributed by atoms with Gasteiger partial charge < -0.3 is 15.7 Å². The number of carboxylic acid groups (broad SMARTS) is 1. The summed E-state index contributed by atoms with van der Waals surface area (Å²) in [6, 6.07) is 5.46. The molecule has 1 heterocycles. The highest BCUT2D eigenvalue weighted by Gasteiger charge is 2.28. The van der Waals surface area contributed by atoms with Crippen LogP contribution >= 0.6 is 0 Å². The molecule has 1 aliphatic rings. The first-order valence-electron chi connectivity index (χ1n) is 4.92. The zero-order valence-electron chi connectivity index (χ0n) is 8.90. The summed E-state index contributed by atoms with van der Waals surface area (Å²) in [6.45, 7) is 1.91. The first kappa shape index (κ1) is 10.9. The SMILES string of the molecule is C[C@](N)(Cc1ccc2c(c1)OOC2)C(=O)O. The van der Waals surface area contributed by atoms with Crippen molar-refractivity contribution in [1.29, 1.82) is 0 Å². The third kappa shape index (κ3) is 2.00. The fourth-order valence-electron chi connectivity index (χ4n) is 1.56. The van der Waals surface area contributed by atoms with Crippen LogP contribution in [-0.2, 0) is 22.7 Å². The molecule has 16 heavy (non-hydrogen) atoms. The van der Waals surface area contributed by atoms with Gasteiger partial charge in [0.1, 0.15) is 12.1 Å². The number of aliphatic carboxylic acids is 1. The van der Waals surface area contributed by atoms with E-state index < -0.39 is 11.5 Å². The van der Waals surface area contributed by atoms with Crippen LogP contribution in [0.5, 0.6) is 5.75 Å². The molecule has 0 saturated carbocycles. The van der Waals surface area contributed by atoms with Gasteiger partial charge in [0.2, 0.25) is 0 Å². The van der Waals surface area contributed by atoms with E-state index in [2.05, 4.69) is 0 Å². The molecule has 0 aromatic heterocycles. The van der Waals surface area contributed by atoms with E-state index >= 15 is 0 Å². The minimum Gasteiger partial charge on any atom is -0.480 e. The second kappa shape index (κ2) is 3.77. The van der Waals surface area contributed by atoms with Crippen molar-refractivity contribution < 1.29 is 19.7 Å². The van der Waals surface area contributed by atoms with Gasteiger partial charge in [0.15, 0.2) is 5.75 Å². The summed E-state index contributed by atoms with van der Waals surface area (Å²) in [4.78, 5) is 20.6. The molecule has 1 atom stereocenters. The lowest BCUT2D eigenvalue weighted by Gasteiger charge is -2.19. The van der Waals surface area contributed by atoms with Crippen LogP contribution in [0.1, 0.15) is 18.1 Å². The molecule has 0 unspecified atom stereocenters. The Balaban J connectivity index is 2.20. The topological polar surface area (TPSA) is 81.8 Å². The van der Waals surface area contributed by atoms with Crippen LogP contribution in [0.15, 0.2) is 18.2 Å². The Bertz CT molecular complexity index is 428. The van der Waals surface area contributed by atoms with Crippen molar-refractivity contribution in [2.45, 2.75) is 25.5 Å². The van der Waals surface area contributed by atoms with Gasteiger partial charge in [-0.1, -0.05) is 12.1 Å². The zero-order valence-corrected chi connectivity index (χ0v) is 8.90. The Morgan fingerprint density at radius 3 is 3.06 bits per heavy atom. The van der Waals surface area contributed by atoms with Gasteiger partial charge in [-0.3, -0.25) is 4.79 Å². The molecule has 0 spiro atoms. The standard InChI is InChI=1S/C11H13NO4/c1-11(12,10(13)14)5-7-2-3-8-6-15-16-9(8)4-7/h2-4H,5-6,12H2,1H3,(H,13,14)/t11-/m0/s1. The molecule has 1 aliphatic heterocycles. The Kier molecular flexibility index (Phi) is 2.57. The molecule has 5 nitrogen and oxygen atoms in total. The van der Waals surface area contributed by atoms with Gasteiger partial charge in [-0.2, -0.15) is 4.89 Å². The fourth-order valence-corrected chi connectivity index (χ4v) is 1.56. The maximum absolute atomic E-state index is 10.9. The van der Waals surface area contributed by atoms with Gasteiger partial charge in [-0.15, -0.1) is 0 Å². The number of hydrogen-bond donors (Lipinski definition) is 2. The lowest BCUT2D eigenvalue weighted by molar-refractivity contribution is -0.194. The molecule has 3 N–H and O–H groups in total. The molecule has 0 bridgehead atoms. The van der Waals surface area contributed by atoms with Crippen LogP contribution in [0, 0.1) is 0 Å². The smallest absolute Gasteiger partial charge is 0.323 e. The quantitative estimate of drug-likeness (QED) is 0.742. The molecular formula is C11H13NO4. The molecule has 1 aromatic carbocycles. The number of hydrogen-bond acceptors (Lipinski definition) is 4. The van der Waals surface area contributed by atoms with Gasteiger partial charge in [0.05, 0.1) is 0 Å². The Hall–Kier alpha value is -1.59. The maximum Gasteiger partial charge on any atom is 0.323 e. The van der Waals surface area contributed by atoms with E-state index in [0.717, 1.165) is 11.1 Å². The second-order valence-electron chi connectivity index (χ2n) is 4.19. The van der Waals surface area contributed by atoms with Gasteiger partial charge in [-0.05, 0) is 18.6 Å². The average Bonchev–Trinajstić information content (AvgIpc) is 2.63. The molecule has 5 heteroatoms. The van der Waals surface area contributed by atoms with Crippen molar-refractivity contribution in [3.05, 3.63) is 29.3 Å². The van der Waals surface area contributed by atoms with Crippen molar-refractivity contribution in [3.63, 3.8) is 0 Å². The molecule has 0 amide bonds. The monoisotopic (exact) mass is 223 g/mol. The van der Waals surface area contributed by atoms with Crippen LogP contribution in [0.3, 0.4) is 0 Å².